The Morgan fingerprint density at radius 3 is 3.00 bits per heavy atom. The van der Waals surface area contributed by atoms with Gasteiger partial charge in [0.1, 0.15) is 0 Å². The topological polar surface area (TPSA) is 41.6 Å². The van der Waals surface area contributed by atoms with Crippen LogP contribution in [0.15, 0.2) is 29.7 Å². The number of amides is 1. The van der Waals surface area contributed by atoms with E-state index < -0.39 is 0 Å². The van der Waals surface area contributed by atoms with Gasteiger partial charge in [-0.15, -0.1) is 11.3 Å². The van der Waals surface area contributed by atoms with Crippen molar-refractivity contribution in [3.63, 3.8) is 0 Å². The minimum absolute atomic E-state index is 0.173. The van der Waals surface area contributed by atoms with Gasteiger partial charge in [0.2, 0.25) is 5.91 Å². The SMILES string of the molecule is O=C(CC1C=CCC1)NCC(c1cccs1)N1CCOCC1. The third-order valence-electron chi connectivity index (χ3n) is 4.41. The maximum atomic E-state index is 12.2. The van der Waals surface area contributed by atoms with Gasteiger partial charge in [0.05, 0.1) is 19.3 Å². The highest BCUT2D eigenvalue weighted by Gasteiger charge is 2.24. The number of nitrogens with zero attached hydrogens (tertiary/aromatic N) is 1. The average molecular weight is 320 g/mol. The number of hydrogen-bond acceptors (Lipinski definition) is 4. The molecule has 120 valence electrons. The Kier molecular flexibility index (Phi) is 5.64. The van der Waals surface area contributed by atoms with Crippen LogP contribution >= 0.6 is 11.3 Å². The summed E-state index contributed by atoms with van der Waals surface area (Å²) in [4.78, 5) is 15.9. The molecule has 2 atom stereocenters. The van der Waals surface area contributed by atoms with Crippen molar-refractivity contribution in [2.24, 2.45) is 5.92 Å². The lowest BCUT2D eigenvalue weighted by Gasteiger charge is -2.34. The zero-order chi connectivity index (χ0) is 15.2. The molecule has 1 saturated heterocycles. The molecule has 1 aliphatic heterocycles. The third-order valence-corrected chi connectivity index (χ3v) is 5.38. The molecular weight excluding hydrogens is 296 g/mol. The van der Waals surface area contributed by atoms with Gasteiger partial charge in [-0.3, -0.25) is 9.69 Å². The second-order valence-electron chi connectivity index (χ2n) is 5.95. The van der Waals surface area contributed by atoms with Crippen molar-refractivity contribution in [3.8, 4) is 0 Å². The number of carbonyl (C=O) groups excluding carboxylic acids is 1. The molecule has 5 heteroatoms. The summed E-state index contributed by atoms with van der Waals surface area (Å²) < 4.78 is 5.45. The summed E-state index contributed by atoms with van der Waals surface area (Å²) in [7, 11) is 0. The summed E-state index contributed by atoms with van der Waals surface area (Å²) in [6.07, 6.45) is 7.21. The molecule has 2 heterocycles. The Hall–Kier alpha value is -1.17. The molecule has 1 aliphatic carbocycles. The van der Waals surface area contributed by atoms with E-state index in [9.17, 15) is 4.79 Å². The van der Waals surface area contributed by atoms with E-state index in [-0.39, 0.29) is 11.9 Å². The van der Waals surface area contributed by atoms with Crippen LogP contribution in [0.25, 0.3) is 0 Å². The second kappa shape index (κ2) is 7.90. The summed E-state index contributed by atoms with van der Waals surface area (Å²) in [5.41, 5.74) is 0. The van der Waals surface area contributed by atoms with Crippen LogP contribution in [0.3, 0.4) is 0 Å². The van der Waals surface area contributed by atoms with E-state index in [1.165, 1.54) is 4.88 Å². The van der Waals surface area contributed by atoms with Gasteiger partial charge in [0.15, 0.2) is 0 Å². The highest BCUT2D eigenvalue weighted by Crippen LogP contribution is 2.26. The van der Waals surface area contributed by atoms with Gasteiger partial charge in [-0.05, 0) is 30.2 Å². The van der Waals surface area contributed by atoms with Crippen molar-refractivity contribution in [1.29, 1.82) is 0 Å². The summed E-state index contributed by atoms with van der Waals surface area (Å²) in [6.45, 7) is 4.12. The molecule has 1 N–H and O–H groups in total. The minimum atomic E-state index is 0.173. The maximum Gasteiger partial charge on any atom is 0.220 e. The van der Waals surface area contributed by atoms with Crippen LogP contribution in [-0.4, -0.2) is 43.7 Å². The van der Waals surface area contributed by atoms with Gasteiger partial charge < -0.3 is 10.1 Å². The standard InChI is InChI=1S/C17H24N2O2S/c20-17(12-14-4-1-2-5-14)18-13-15(16-6-3-11-22-16)19-7-9-21-10-8-19/h1,3-4,6,11,14-15H,2,5,7-10,12-13H2,(H,18,20). The Morgan fingerprint density at radius 2 is 2.32 bits per heavy atom. The summed E-state index contributed by atoms with van der Waals surface area (Å²) in [5, 5.41) is 5.25. The predicted molar refractivity (Wildman–Crippen MR) is 88.9 cm³/mol. The molecule has 0 saturated carbocycles. The van der Waals surface area contributed by atoms with E-state index >= 15 is 0 Å². The van der Waals surface area contributed by atoms with Crippen LogP contribution in [0.1, 0.15) is 30.2 Å². The van der Waals surface area contributed by atoms with E-state index in [1.807, 2.05) is 0 Å². The van der Waals surface area contributed by atoms with Crippen LogP contribution in [0, 0.1) is 5.92 Å². The van der Waals surface area contributed by atoms with Gasteiger partial charge in [0, 0.05) is 30.9 Å². The lowest BCUT2D eigenvalue weighted by molar-refractivity contribution is -0.122. The van der Waals surface area contributed by atoms with Crippen LogP contribution < -0.4 is 5.32 Å². The highest BCUT2D eigenvalue weighted by molar-refractivity contribution is 7.10. The first-order valence-corrected chi connectivity index (χ1v) is 8.99. The first-order chi connectivity index (χ1) is 10.8. The number of nitrogens with one attached hydrogen (secondary N) is 1. The molecule has 0 radical (unpaired) electrons. The molecule has 1 aromatic rings. The van der Waals surface area contributed by atoms with Crippen molar-refractivity contribution >= 4 is 17.2 Å². The number of hydrogen-bond donors (Lipinski definition) is 1. The Balaban J connectivity index is 1.55. The van der Waals surface area contributed by atoms with Crippen LogP contribution in [0.5, 0.6) is 0 Å². The van der Waals surface area contributed by atoms with E-state index in [4.69, 9.17) is 4.74 Å². The van der Waals surface area contributed by atoms with Crippen LogP contribution in [-0.2, 0) is 9.53 Å². The van der Waals surface area contributed by atoms with E-state index in [0.29, 0.717) is 18.9 Å². The number of morpholine rings is 1. The van der Waals surface area contributed by atoms with Crippen LogP contribution in [0.4, 0.5) is 0 Å². The predicted octanol–water partition coefficient (Wildman–Crippen LogP) is 2.59. The Bertz CT molecular complexity index is 495. The quantitative estimate of drug-likeness (QED) is 0.819. The van der Waals surface area contributed by atoms with E-state index in [2.05, 4.69) is 39.9 Å². The van der Waals surface area contributed by atoms with E-state index in [1.54, 1.807) is 11.3 Å². The Morgan fingerprint density at radius 1 is 1.45 bits per heavy atom. The number of allylic oxidation sites excluding steroid dienone is 2. The molecule has 1 fully saturated rings. The van der Waals surface area contributed by atoms with E-state index in [0.717, 1.165) is 39.1 Å². The van der Waals surface area contributed by atoms with Crippen molar-refractivity contribution < 1.29 is 9.53 Å². The molecule has 0 spiro atoms. The average Bonchev–Trinajstić information content (AvgIpc) is 3.22. The molecule has 2 unspecified atom stereocenters. The third kappa shape index (κ3) is 4.18. The monoisotopic (exact) mass is 320 g/mol. The zero-order valence-electron chi connectivity index (χ0n) is 12.9. The lowest BCUT2D eigenvalue weighted by Crippen LogP contribution is -2.43. The number of rotatable bonds is 6. The maximum absolute atomic E-state index is 12.2. The smallest absolute Gasteiger partial charge is 0.220 e. The largest absolute Gasteiger partial charge is 0.379 e. The molecule has 1 amide bonds. The van der Waals surface area contributed by atoms with Crippen LogP contribution in [0.2, 0.25) is 0 Å². The molecule has 4 nitrogen and oxygen atoms in total. The number of thiophene rings is 1. The number of ether oxygens (including phenoxy) is 1. The second-order valence-corrected chi connectivity index (χ2v) is 6.93. The van der Waals surface area contributed by atoms with Gasteiger partial charge in [-0.25, -0.2) is 0 Å². The van der Waals surface area contributed by atoms with Crippen molar-refractivity contribution in [1.82, 2.24) is 10.2 Å². The fraction of sp³-hybridized carbons (Fsp3) is 0.588. The molecule has 1 aromatic heterocycles. The normalized spacial score (nSPS) is 23.5. The first kappa shape index (κ1) is 15.7. The fourth-order valence-corrected chi connectivity index (χ4v) is 4.03. The van der Waals surface area contributed by atoms with Crippen molar-refractivity contribution in [2.45, 2.75) is 25.3 Å². The molecule has 2 aliphatic rings. The summed E-state index contributed by atoms with van der Waals surface area (Å²) >= 11 is 1.76. The molecular formula is C17H24N2O2S. The van der Waals surface area contributed by atoms with Crippen molar-refractivity contribution in [2.75, 3.05) is 32.8 Å². The van der Waals surface area contributed by atoms with Gasteiger partial charge in [-0.1, -0.05) is 18.2 Å². The molecule has 0 aromatic carbocycles. The zero-order valence-corrected chi connectivity index (χ0v) is 13.7. The minimum Gasteiger partial charge on any atom is -0.379 e. The fourth-order valence-electron chi connectivity index (χ4n) is 3.17. The molecule has 22 heavy (non-hydrogen) atoms. The van der Waals surface area contributed by atoms with Gasteiger partial charge in [0.25, 0.3) is 0 Å². The summed E-state index contributed by atoms with van der Waals surface area (Å²) in [5.74, 6) is 0.606. The highest BCUT2D eigenvalue weighted by atomic mass is 32.1. The van der Waals surface area contributed by atoms with Crippen molar-refractivity contribution in [3.05, 3.63) is 34.5 Å². The van der Waals surface area contributed by atoms with Gasteiger partial charge in [-0.2, -0.15) is 0 Å². The molecule has 3 rings (SSSR count). The molecule has 0 bridgehead atoms. The van der Waals surface area contributed by atoms with Gasteiger partial charge >= 0.3 is 0 Å². The number of carbonyl (C=O) groups is 1. The lowest BCUT2D eigenvalue weighted by atomic mass is 10.0. The first-order valence-electron chi connectivity index (χ1n) is 8.11. The summed E-state index contributed by atoms with van der Waals surface area (Å²) in [6, 6.07) is 4.52. The Labute approximate surface area is 136 Å².